The molecule has 3 atom stereocenters. The van der Waals surface area contributed by atoms with Gasteiger partial charge in [-0.25, -0.2) is 4.98 Å². The molecule has 0 amide bonds. The Morgan fingerprint density at radius 1 is 1.27 bits per heavy atom. The van der Waals surface area contributed by atoms with Gasteiger partial charge in [-0.3, -0.25) is 4.90 Å². The van der Waals surface area contributed by atoms with Crippen molar-refractivity contribution in [2.24, 2.45) is 17.8 Å². The molecule has 1 aliphatic heterocycles. The lowest BCUT2D eigenvalue weighted by atomic mass is 9.82. The molecule has 0 radical (unpaired) electrons. The maximum atomic E-state index is 4.44. The smallest absolute Gasteiger partial charge is 0.0798 e. The predicted octanol–water partition coefficient (Wildman–Crippen LogP) is 3.69. The van der Waals surface area contributed by atoms with E-state index >= 15 is 0 Å². The van der Waals surface area contributed by atoms with Crippen LogP contribution in [0.1, 0.15) is 49.6 Å². The Balaban J connectivity index is 1.60. The topological polar surface area (TPSA) is 28.2 Å². The summed E-state index contributed by atoms with van der Waals surface area (Å²) in [6.45, 7) is 10.7. The van der Waals surface area contributed by atoms with Gasteiger partial charge in [0.25, 0.3) is 0 Å². The van der Waals surface area contributed by atoms with Gasteiger partial charge < -0.3 is 5.32 Å². The van der Waals surface area contributed by atoms with E-state index in [9.17, 15) is 0 Å². The fourth-order valence-electron chi connectivity index (χ4n) is 4.21. The van der Waals surface area contributed by atoms with Crippen LogP contribution in [-0.2, 0) is 6.54 Å². The molecule has 3 unspecified atom stereocenters. The van der Waals surface area contributed by atoms with E-state index in [-0.39, 0.29) is 0 Å². The monoisotopic (exact) mass is 321 g/mol. The molecular weight excluding hydrogens is 290 g/mol. The first-order valence-corrected chi connectivity index (χ1v) is 9.90. The first kappa shape index (κ1) is 16.4. The van der Waals surface area contributed by atoms with Gasteiger partial charge in [0.1, 0.15) is 0 Å². The lowest BCUT2D eigenvalue weighted by Crippen LogP contribution is -2.35. The van der Waals surface area contributed by atoms with Crippen LogP contribution in [0.2, 0.25) is 0 Å². The highest BCUT2D eigenvalue weighted by Crippen LogP contribution is 2.30. The molecule has 2 heterocycles. The zero-order valence-electron chi connectivity index (χ0n) is 14.2. The number of hydrogen-bond acceptors (Lipinski definition) is 4. The highest BCUT2D eigenvalue weighted by Gasteiger charge is 2.24. The van der Waals surface area contributed by atoms with E-state index in [1.54, 1.807) is 0 Å². The van der Waals surface area contributed by atoms with Crippen LogP contribution in [0.3, 0.4) is 0 Å². The van der Waals surface area contributed by atoms with E-state index in [4.69, 9.17) is 0 Å². The minimum absolute atomic E-state index is 0.842. The van der Waals surface area contributed by atoms with E-state index in [2.05, 4.69) is 29.0 Å². The fourth-order valence-corrected chi connectivity index (χ4v) is 5.03. The number of thiazole rings is 1. The van der Waals surface area contributed by atoms with Crippen LogP contribution in [0.4, 0.5) is 0 Å². The highest BCUT2D eigenvalue weighted by atomic mass is 32.1. The molecule has 0 aromatic carbocycles. The second kappa shape index (κ2) is 7.89. The summed E-state index contributed by atoms with van der Waals surface area (Å²) in [4.78, 5) is 8.64. The zero-order chi connectivity index (χ0) is 15.4. The summed E-state index contributed by atoms with van der Waals surface area (Å²) in [5.74, 6) is 2.68. The van der Waals surface area contributed by atoms with Gasteiger partial charge in [-0.15, -0.1) is 11.3 Å². The second-order valence-electron chi connectivity index (χ2n) is 7.55. The van der Waals surface area contributed by atoms with Crippen LogP contribution < -0.4 is 5.32 Å². The van der Waals surface area contributed by atoms with Crippen molar-refractivity contribution in [3.05, 3.63) is 16.1 Å². The zero-order valence-corrected chi connectivity index (χ0v) is 15.0. The van der Waals surface area contributed by atoms with Crippen LogP contribution in [0.25, 0.3) is 0 Å². The average molecular weight is 322 g/mol. The average Bonchev–Trinajstić information content (AvgIpc) is 3.12. The maximum Gasteiger partial charge on any atom is 0.0798 e. The molecule has 3 nitrogen and oxygen atoms in total. The van der Waals surface area contributed by atoms with E-state index in [0.717, 1.165) is 24.3 Å². The van der Waals surface area contributed by atoms with Gasteiger partial charge >= 0.3 is 0 Å². The largest absolute Gasteiger partial charge is 0.316 e. The summed E-state index contributed by atoms with van der Waals surface area (Å²) >= 11 is 1.83. The fraction of sp³-hybridized carbons (Fsp3) is 0.833. The van der Waals surface area contributed by atoms with Crippen molar-refractivity contribution in [1.29, 1.82) is 0 Å². The first-order chi connectivity index (χ1) is 10.7. The van der Waals surface area contributed by atoms with Crippen molar-refractivity contribution in [3.63, 3.8) is 0 Å². The normalized spacial score (nSPS) is 29.3. The van der Waals surface area contributed by atoms with Gasteiger partial charge in [-0.05, 0) is 57.0 Å². The molecule has 22 heavy (non-hydrogen) atoms. The molecule has 3 rings (SSSR count). The Labute approximate surface area is 139 Å². The first-order valence-electron chi connectivity index (χ1n) is 9.02. The molecular formula is C18H31N3S. The second-order valence-corrected chi connectivity index (χ2v) is 8.49. The molecule has 0 bridgehead atoms. The van der Waals surface area contributed by atoms with Crippen molar-refractivity contribution in [1.82, 2.24) is 15.2 Å². The number of rotatable bonds is 6. The molecule has 2 aliphatic rings. The molecule has 124 valence electrons. The summed E-state index contributed by atoms with van der Waals surface area (Å²) in [6.07, 6.45) is 7.09. The Morgan fingerprint density at radius 3 is 2.82 bits per heavy atom. The van der Waals surface area contributed by atoms with E-state index in [1.807, 2.05) is 16.8 Å². The Kier molecular flexibility index (Phi) is 5.89. The number of nitrogens with zero attached hydrogens (tertiary/aromatic N) is 2. The maximum absolute atomic E-state index is 4.44. The van der Waals surface area contributed by atoms with E-state index in [0.29, 0.717) is 0 Å². The van der Waals surface area contributed by atoms with Gasteiger partial charge in [0, 0.05) is 24.5 Å². The van der Waals surface area contributed by atoms with Gasteiger partial charge in [0.15, 0.2) is 0 Å². The summed E-state index contributed by atoms with van der Waals surface area (Å²) in [7, 11) is 0. The van der Waals surface area contributed by atoms with Crippen molar-refractivity contribution >= 4 is 11.3 Å². The van der Waals surface area contributed by atoms with Crippen LogP contribution in [0, 0.1) is 24.7 Å². The molecule has 4 heteroatoms. The van der Waals surface area contributed by atoms with Crippen molar-refractivity contribution < 1.29 is 0 Å². The quantitative estimate of drug-likeness (QED) is 0.866. The standard InChI is InChI=1S/C18H31N3S/c1-14-4-3-5-16(8-14)10-21(11-17-6-7-19-9-17)12-18-15(2)20-13-22-18/h13-14,16-17,19H,3-12H2,1-2H3. The molecule has 0 spiro atoms. The number of nitrogens with one attached hydrogen (secondary N) is 1. The van der Waals surface area contributed by atoms with Gasteiger partial charge in [0.05, 0.1) is 11.2 Å². The lowest BCUT2D eigenvalue weighted by molar-refractivity contribution is 0.158. The van der Waals surface area contributed by atoms with Crippen LogP contribution >= 0.6 is 11.3 Å². The third kappa shape index (κ3) is 4.53. The third-order valence-corrected chi connectivity index (χ3v) is 6.37. The van der Waals surface area contributed by atoms with Crippen LogP contribution in [0.15, 0.2) is 5.51 Å². The minimum atomic E-state index is 0.842. The highest BCUT2D eigenvalue weighted by molar-refractivity contribution is 7.09. The van der Waals surface area contributed by atoms with Crippen LogP contribution in [0.5, 0.6) is 0 Å². The van der Waals surface area contributed by atoms with Gasteiger partial charge in [-0.2, -0.15) is 0 Å². The Morgan fingerprint density at radius 2 is 2.14 bits per heavy atom. The third-order valence-electron chi connectivity index (χ3n) is 5.45. The lowest BCUT2D eigenvalue weighted by Gasteiger charge is -2.33. The number of aromatic nitrogens is 1. The minimum Gasteiger partial charge on any atom is -0.316 e. The van der Waals surface area contributed by atoms with Gasteiger partial charge in [-0.1, -0.05) is 19.8 Å². The molecule has 1 aromatic rings. The Hall–Kier alpha value is -0.450. The SMILES string of the molecule is Cc1ncsc1CN(CC1CCNC1)CC1CCCC(C)C1. The molecule has 1 N–H and O–H groups in total. The van der Waals surface area contributed by atoms with Crippen LogP contribution in [-0.4, -0.2) is 36.1 Å². The van der Waals surface area contributed by atoms with Crippen molar-refractivity contribution in [2.75, 3.05) is 26.2 Å². The van der Waals surface area contributed by atoms with Crippen molar-refractivity contribution in [3.8, 4) is 0 Å². The molecule has 1 aliphatic carbocycles. The molecule has 2 fully saturated rings. The predicted molar refractivity (Wildman–Crippen MR) is 94.2 cm³/mol. The summed E-state index contributed by atoms with van der Waals surface area (Å²) in [5.41, 5.74) is 3.24. The van der Waals surface area contributed by atoms with E-state index < -0.39 is 0 Å². The summed E-state index contributed by atoms with van der Waals surface area (Å²) in [5, 5.41) is 3.52. The molecule has 1 saturated heterocycles. The number of aryl methyl sites for hydroxylation is 1. The van der Waals surface area contributed by atoms with Crippen molar-refractivity contribution in [2.45, 2.75) is 52.5 Å². The summed E-state index contributed by atoms with van der Waals surface area (Å²) in [6, 6.07) is 0. The van der Waals surface area contributed by atoms with Gasteiger partial charge in [0.2, 0.25) is 0 Å². The molecule has 1 saturated carbocycles. The number of hydrogen-bond donors (Lipinski definition) is 1. The van der Waals surface area contributed by atoms with E-state index in [1.165, 1.54) is 68.9 Å². The molecule has 1 aromatic heterocycles. The Bertz CT molecular complexity index is 453. The summed E-state index contributed by atoms with van der Waals surface area (Å²) < 4.78 is 0.